The summed E-state index contributed by atoms with van der Waals surface area (Å²) in [5.41, 5.74) is 4.79. The molecular weight excluding hydrogens is 354 g/mol. The van der Waals surface area contributed by atoms with Crippen LogP contribution in [0.25, 0.3) is 0 Å². The zero-order valence-electron chi connectivity index (χ0n) is 15.7. The molecule has 2 aromatic rings. The zero-order chi connectivity index (χ0) is 19.3. The van der Waals surface area contributed by atoms with Crippen molar-refractivity contribution in [1.29, 1.82) is 0 Å². The molecule has 0 radical (unpaired) electrons. The molecule has 142 valence electrons. The topological polar surface area (TPSA) is 64.6 Å². The molecule has 2 aliphatic heterocycles. The van der Waals surface area contributed by atoms with E-state index in [2.05, 4.69) is 29.6 Å². The summed E-state index contributed by atoms with van der Waals surface area (Å²) in [5, 5.41) is 2.98. The van der Waals surface area contributed by atoms with Crippen LogP contribution in [0.4, 0.5) is 0 Å². The molecule has 5 nitrogen and oxygen atoms in total. The Kier molecular flexibility index (Phi) is 3.97. The number of Topliss-reactive ketones (excluding diaryl/α,β-unsaturated/α-hetero) is 1. The van der Waals surface area contributed by atoms with Crippen LogP contribution in [0.3, 0.4) is 0 Å². The Morgan fingerprint density at radius 1 is 0.893 bits per heavy atom. The molecule has 5 heteroatoms. The smallest absolute Gasteiger partial charge is 0.231 e. The number of nitrogens with one attached hydrogen (secondary N) is 1. The van der Waals surface area contributed by atoms with Gasteiger partial charge in [0.05, 0.1) is 0 Å². The third-order valence-electron chi connectivity index (χ3n) is 5.88. The van der Waals surface area contributed by atoms with Crippen molar-refractivity contribution in [2.24, 2.45) is 0 Å². The number of allylic oxidation sites excluding steroid dienone is 2. The van der Waals surface area contributed by atoms with Gasteiger partial charge in [-0.05, 0) is 42.5 Å². The fourth-order valence-corrected chi connectivity index (χ4v) is 4.45. The second-order valence-electron chi connectivity index (χ2n) is 7.75. The first-order chi connectivity index (χ1) is 13.6. The largest absolute Gasteiger partial charge is 0.454 e. The number of rotatable bonds is 2. The quantitative estimate of drug-likeness (QED) is 0.869. The van der Waals surface area contributed by atoms with Gasteiger partial charge in [0, 0.05) is 30.0 Å². The highest BCUT2D eigenvalue weighted by Gasteiger charge is 2.38. The van der Waals surface area contributed by atoms with Gasteiger partial charge >= 0.3 is 0 Å². The first-order valence-corrected chi connectivity index (χ1v) is 9.60. The van der Waals surface area contributed by atoms with Gasteiger partial charge in [-0.2, -0.15) is 0 Å². The van der Waals surface area contributed by atoms with E-state index < -0.39 is 0 Å². The van der Waals surface area contributed by atoms with E-state index in [1.165, 1.54) is 5.56 Å². The van der Waals surface area contributed by atoms with Gasteiger partial charge in [0.2, 0.25) is 12.7 Å². The van der Waals surface area contributed by atoms with Crippen molar-refractivity contribution in [2.75, 3.05) is 6.79 Å². The highest BCUT2D eigenvalue weighted by Crippen LogP contribution is 2.44. The number of ketones is 1. The number of ether oxygens (including phenoxy) is 2. The molecule has 28 heavy (non-hydrogen) atoms. The minimum Gasteiger partial charge on any atom is -0.454 e. The van der Waals surface area contributed by atoms with Crippen LogP contribution in [0.5, 0.6) is 11.5 Å². The lowest BCUT2D eigenvalue weighted by Gasteiger charge is -2.34. The van der Waals surface area contributed by atoms with E-state index in [4.69, 9.17) is 9.47 Å². The van der Waals surface area contributed by atoms with Crippen molar-refractivity contribution in [2.45, 2.75) is 38.0 Å². The van der Waals surface area contributed by atoms with Gasteiger partial charge in [-0.25, -0.2) is 0 Å². The van der Waals surface area contributed by atoms with Crippen molar-refractivity contribution < 1.29 is 19.1 Å². The van der Waals surface area contributed by atoms with E-state index in [0.29, 0.717) is 24.3 Å². The summed E-state index contributed by atoms with van der Waals surface area (Å²) < 4.78 is 10.9. The zero-order valence-corrected chi connectivity index (χ0v) is 15.7. The van der Waals surface area contributed by atoms with Crippen LogP contribution >= 0.6 is 0 Å². The Morgan fingerprint density at radius 3 is 2.46 bits per heavy atom. The molecule has 0 spiro atoms. The molecule has 5 rings (SSSR count). The van der Waals surface area contributed by atoms with E-state index in [-0.39, 0.29) is 36.7 Å². The van der Waals surface area contributed by atoms with Crippen LogP contribution in [0.15, 0.2) is 53.7 Å². The fourth-order valence-electron chi connectivity index (χ4n) is 4.45. The molecule has 0 saturated heterocycles. The SMILES string of the molecule is Cc1ccc([C@H]2CC(=O)C3=C(C2)NC(=O)C[C@@H]3c2ccc3c(c2)OCO3)cc1. The van der Waals surface area contributed by atoms with Crippen molar-refractivity contribution in [3.63, 3.8) is 0 Å². The molecule has 0 saturated carbocycles. The number of fused-ring (bicyclic) bond motifs is 1. The first-order valence-electron chi connectivity index (χ1n) is 9.60. The number of amides is 1. The van der Waals surface area contributed by atoms with Crippen LogP contribution in [-0.2, 0) is 9.59 Å². The van der Waals surface area contributed by atoms with Gasteiger partial charge in [0.25, 0.3) is 0 Å². The lowest BCUT2D eigenvalue weighted by molar-refractivity contribution is -0.122. The molecule has 3 aliphatic rings. The van der Waals surface area contributed by atoms with Crippen LogP contribution in [0, 0.1) is 6.92 Å². The number of carbonyl (C=O) groups is 2. The second-order valence-corrected chi connectivity index (χ2v) is 7.75. The summed E-state index contributed by atoms with van der Waals surface area (Å²) >= 11 is 0. The molecule has 2 heterocycles. The van der Waals surface area contributed by atoms with Gasteiger partial charge in [-0.3, -0.25) is 9.59 Å². The Labute approximate surface area is 163 Å². The van der Waals surface area contributed by atoms with E-state index in [1.807, 2.05) is 25.1 Å². The van der Waals surface area contributed by atoms with Crippen LogP contribution in [0.2, 0.25) is 0 Å². The molecule has 1 amide bonds. The molecule has 0 unspecified atom stereocenters. The lowest BCUT2D eigenvalue weighted by Crippen LogP contribution is -2.38. The maximum atomic E-state index is 13.1. The van der Waals surface area contributed by atoms with Gasteiger partial charge in [0.1, 0.15) is 0 Å². The van der Waals surface area contributed by atoms with Gasteiger partial charge < -0.3 is 14.8 Å². The van der Waals surface area contributed by atoms with E-state index in [9.17, 15) is 9.59 Å². The summed E-state index contributed by atoms with van der Waals surface area (Å²) in [6.07, 6.45) is 1.43. The van der Waals surface area contributed by atoms with Crippen molar-refractivity contribution in [1.82, 2.24) is 5.32 Å². The van der Waals surface area contributed by atoms with Crippen molar-refractivity contribution >= 4 is 11.7 Å². The summed E-state index contributed by atoms with van der Waals surface area (Å²) in [5.74, 6) is 1.32. The standard InChI is InChI=1S/C23H21NO4/c1-13-2-4-14(5-3-13)16-8-18-23(19(25)9-16)17(11-22(26)24-18)15-6-7-20-21(10-15)28-12-27-20/h2-7,10,16-17H,8-9,11-12H2,1H3,(H,24,26)/t16-,17-/m1/s1. The third kappa shape index (κ3) is 2.87. The number of hydrogen-bond acceptors (Lipinski definition) is 4. The molecule has 1 aliphatic carbocycles. The molecule has 0 bridgehead atoms. The number of hydrogen-bond donors (Lipinski definition) is 1. The second kappa shape index (κ2) is 6.51. The van der Waals surface area contributed by atoms with E-state index in [1.54, 1.807) is 0 Å². The van der Waals surface area contributed by atoms with E-state index in [0.717, 1.165) is 22.4 Å². The number of carbonyl (C=O) groups excluding carboxylic acids is 2. The third-order valence-corrected chi connectivity index (χ3v) is 5.88. The Hall–Kier alpha value is -3.08. The first kappa shape index (κ1) is 17.0. The van der Waals surface area contributed by atoms with Crippen LogP contribution in [0.1, 0.15) is 47.8 Å². The minimum absolute atomic E-state index is 0.0428. The Morgan fingerprint density at radius 2 is 1.64 bits per heavy atom. The summed E-state index contributed by atoms with van der Waals surface area (Å²) in [6, 6.07) is 14.0. The Balaban J connectivity index is 1.51. The van der Waals surface area contributed by atoms with Crippen molar-refractivity contribution in [3.05, 3.63) is 70.4 Å². The van der Waals surface area contributed by atoms with E-state index >= 15 is 0 Å². The molecule has 1 N–H and O–H groups in total. The average Bonchev–Trinajstić information content (AvgIpc) is 3.15. The van der Waals surface area contributed by atoms with Crippen LogP contribution < -0.4 is 14.8 Å². The molecule has 0 aromatic heterocycles. The van der Waals surface area contributed by atoms with Gasteiger partial charge in [0.15, 0.2) is 17.3 Å². The summed E-state index contributed by atoms with van der Waals surface area (Å²) in [6.45, 7) is 2.25. The fraction of sp³-hybridized carbons (Fsp3) is 0.304. The number of benzene rings is 2. The highest BCUT2D eigenvalue weighted by atomic mass is 16.7. The Bertz CT molecular complexity index is 1010. The summed E-state index contributed by atoms with van der Waals surface area (Å²) in [4.78, 5) is 25.6. The summed E-state index contributed by atoms with van der Waals surface area (Å²) in [7, 11) is 0. The minimum atomic E-state index is -0.232. The molecule has 2 atom stereocenters. The van der Waals surface area contributed by atoms with Gasteiger partial charge in [-0.15, -0.1) is 0 Å². The number of aryl methyl sites for hydroxylation is 1. The van der Waals surface area contributed by atoms with Crippen molar-refractivity contribution in [3.8, 4) is 11.5 Å². The molecule has 2 aromatic carbocycles. The van der Waals surface area contributed by atoms with Crippen LogP contribution in [-0.4, -0.2) is 18.5 Å². The highest BCUT2D eigenvalue weighted by molar-refractivity contribution is 6.02. The average molecular weight is 375 g/mol. The predicted octanol–water partition coefficient (Wildman–Crippen LogP) is 3.73. The molecular formula is C23H21NO4. The maximum Gasteiger partial charge on any atom is 0.231 e. The molecule has 0 fully saturated rings. The normalized spacial score (nSPS) is 23.5. The predicted molar refractivity (Wildman–Crippen MR) is 103 cm³/mol. The lowest BCUT2D eigenvalue weighted by atomic mass is 9.73. The van der Waals surface area contributed by atoms with Gasteiger partial charge in [-0.1, -0.05) is 35.9 Å². The monoisotopic (exact) mass is 375 g/mol. The maximum absolute atomic E-state index is 13.1.